The maximum atomic E-state index is 13.2. The molecule has 1 aliphatic rings. The predicted octanol–water partition coefficient (Wildman–Crippen LogP) is 2.56. The second-order valence-corrected chi connectivity index (χ2v) is 10.9. The van der Waals surface area contributed by atoms with Gasteiger partial charge in [-0.1, -0.05) is 28.6 Å². The topological polar surface area (TPSA) is 142 Å². The minimum atomic E-state index is -3.48. The maximum absolute atomic E-state index is 13.2. The van der Waals surface area contributed by atoms with Crippen LogP contribution in [0, 0.1) is 0 Å². The molecule has 11 nitrogen and oxygen atoms in total. The van der Waals surface area contributed by atoms with Gasteiger partial charge in [0.25, 0.3) is 5.91 Å². The minimum absolute atomic E-state index is 0.0158. The SMILES string of the molecule is COCCCS(=O)(=O)c1ccc(C(=NO[C@@H]2CCOC2)C(=O)Nc2ncc(-c3ncccn3)s2)cc1. The average molecular weight is 532 g/mol. The molecule has 13 heteroatoms. The van der Waals surface area contributed by atoms with Crippen LogP contribution in [0.3, 0.4) is 0 Å². The Bertz CT molecular complexity index is 1290. The van der Waals surface area contributed by atoms with Crippen LogP contribution in [0.1, 0.15) is 18.4 Å². The Morgan fingerprint density at radius 1 is 1.22 bits per heavy atom. The lowest BCUT2D eigenvalue weighted by Gasteiger charge is -2.10. The summed E-state index contributed by atoms with van der Waals surface area (Å²) in [6.45, 7) is 1.29. The summed E-state index contributed by atoms with van der Waals surface area (Å²) in [5.74, 6) is -0.0973. The van der Waals surface area contributed by atoms with Crippen LogP contribution in [0.15, 0.2) is 59.0 Å². The highest BCUT2D eigenvalue weighted by Gasteiger charge is 2.22. The second-order valence-electron chi connectivity index (χ2n) is 7.78. The molecular weight excluding hydrogens is 506 g/mol. The monoisotopic (exact) mass is 531 g/mol. The molecule has 190 valence electrons. The number of hydrogen-bond acceptors (Lipinski definition) is 11. The molecule has 1 atom stereocenters. The Kier molecular flexibility index (Phi) is 8.70. The molecule has 36 heavy (non-hydrogen) atoms. The van der Waals surface area contributed by atoms with E-state index in [1.807, 2.05) is 0 Å². The van der Waals surface area contributed by atoms with Crippen molar-refractivity contribution in [3.8, 4) is 10.7 Å². The number of carbonyl (C=O) groups excluding carboxylic acids is 1. The van der Waals surface area contributed by atoms with Gasteiger partial charge in [0.05, 0.1) is 34.9 Å². The molecule has 0 unspecified atom stereocenters. The number of oxime groups is 1. The standard InChI is InChI=1S/C23H25N5O6S2/c1-32-11-3-13-36(30,31)18-6-4-16(5-7-18)20(28-34-17-8-12-33-15-17)22(29)27-23-26-14-19(35-23)21-24-9-2-10-25-21/h2,4-7,9-10,14,17H,3,8,11-13,15H2,1H3,(H,26,27,29)/t17-/m1/s1. The van der Waals surface area contributed by atoms with Gasteiger partial charge in [-0.2, -0.15) is 0 Å². The normalized spacial score (nSPS) is 16.1. The summed E-state index contributed by atoms with van der Waals surface area (Å²) in [4.78, 5) is 32.2. The molecule has 1 amide bonds. The third kappa shape index (κ3) is 6.69. The van der Waals surface area contributed by atoms with E-state index in [9.17, 15) is 13.2 Å². The zero-order valence-corrected chi connectivity index (χ0v) is 21.1. The third-order valence-electron chi connectivity index (χ3n) is 5.16. The van der Waals surface area contributed by atoms with Gasteiger partial charge >= 0.3 is 0 Å². The predicted molar refractivity (Wildman–Crippen MR) is 134 cm³/mol. The largest absolute Gasteiger partial charge is 0.389 e. The number of amides is 1. The smallest absolute Gasteiger partial charge is 0.280 e. The van der Waals surface area contributed by atoms with Gasteiger partial charge in [-0.05, 0) is 24.6 Å². The van der Waals surface area contributed by atoms with Gasteiger partial charge in [0, 0.05) is 38.1 Å². The molecule has 1 N–H and O–H groups in total. The van der Waals surface area contributed by atoms with E-state index in [-0.39, 0.29) is 22.5 Å². The lowest BCUT2D eigenvalue weighted by Crippen LogP contribution is -2.25. The summed E-state index contributed by atoms with van der Waals surface area (Å²) in [6, 6.07) is 7.67. The van der Waals surface area contributed by atoms with Crippen LogP contribution in [-0.2, 0) is 28.9 Å². The number of ether oxygens (including phenoxy) is 2. The van der Waals surface area contributed by atoms with Crippen molar-refractivity contribution in [3.63, 3.8) is 0 Å². The molecule has 2 aromatic heterocycles. The number of nitrogens with zero attached hydrogens (tertiary/aromatic N) is 4. The van der Waals surface area contributed by atoms with Gasteiger partial charge in [0.15, 0.2) is 32.6 Å². The van der Waals surface area contributed by atoms with Crippen molar-refractivity contribution in [3.05, 3.63) is 54.5 Å². The Balaban J connectivity index is 1.53. The number of nitrogens with one attached hydrogen (secondary N) is 1. The van der Waals surface area contributed by atoms with Crippen LogP contribution >= 0.6 is 11.3 Å². The van der Waals surface area contributed by atoms with Crippen molar-refractivity contribution in [1.29, 1.82) is 0 Å². The van der Waals surface area contributed by atoms with Gasteiger partial charge in [0.1, 0.15) is 0 Å². The van der Waals surface area contributed by atoms with E-state index >= 15 is 0 Å². The fraction of sp³-hybridized carbons (Fsp3) is 0.348. The van der Waals surface area contributed by atoms with Crippen LogP contribution in [0.2, 0.25) is 0 Å². The first kappa shape index (κ1) is 25.8. The summed E-state index contributed by atoms with van der Waals surface area (Å²) in [7, 11) is -1.96. The molecule has 1 saturated heterocycles. The van der Waals surface area contributed by atoms with E-state index in [4.69, 9.17) is 14.3 Å². The van der Waals surface area contributed by atoms with Crippen LogP contribution in [-0.4, -0.2) is 73.8 Å². The highest BCUT2D eigenvalue weighted by atomic mass is 32.2. The Morgan fingerprint density at radius 3 is 2.69 bits per heavy atom. The van der Waals surface area contributed by atoms with Gasteiger partial charge in [-0.3, -0.25) is 10.1 Å². The number of anilines is 1. The summed E-state index contributed by atoms with van der Waals surface area (Å²) in [5.41, 5.74) is 0.378. The molecule has 1 aromatic carbocycles. The number of aromatic nitrogens is 3. The van der Waals surface area contributed by atoms with E-state index in [2.05, 4.69) is 25.4 Å². The van der Waals surface area contributed by atoms with Gasteiger partial charge in [-0.15, -0.1) is 0 Å². The Hall–Kier alpha value is -3.26. The molecule has 0 saturated carbocycles. The highest BCUT2D eigenvalue weighted by molar-refractivity contribution is 7.91. The number of methoxy groups -OCH3 is 1. The minimum Gasteiger partial charge on any atom is -0.389 e. The van der Waals surface area contributed by atoms with Crippen molar-refractivity contribution in [1.82, 2.24) is 15.0 Å². The average Bonchev–Trinajstić information content (AvgIpc) is 3.58. The first-order valence-corrected chi connectivity index (χ1v) is 13.6. The van der Waals surface area contributed by atoms with E-state index in [0.717, 1.165) is 0 Å². The van der Waals surface area contributed by atoms with Crippen molar-refractivity contribution in [2.45, 2.75) is 23.8 Å². The molecule has 0 radical (unpaired) electrons. The zero-order chi connectivity index (χ0) is 25.4. The number of rotatable bonds is 11. The Morgan fingerprint density at radius 2 is 2.00 bits per heavy atom. The lowest BCUT2D eigenvalue weighted by atomic mass is 10.1. The van der Waals surface area contributed by atoms with Crippen molar-refractivity contribution in [2.75, 3.05) is 38.0 Å². The van der Waals surface area contributed by atoms with Crippen LogP contribution in [0.4, 0.5) is 5.13 Å². The van der Waals surface area contributed by atoms with E-state index in [1.165, 1.54) is 42.7 Å². The molecule has 0 aliphatic carbocycles. The number of benzene rings is 1. The Labute approximate surface area is 212 Å². The summed E-state index contributed by atoms with van der Waals surface area (Å²) in [6.07, 6.45) is 5.59. The van der Waals surface area contributed by atoms with Crippen molar-refractivity contribution >= 4 is 37.9 Å². The summed E-state index contributed by atoms with van der Waals surface area (Å²) >= 11 is 1.21. The third-order valence-corrected chi connectivity index (χ3v) is 7.88. The second kappa shape index (κ2) is 12.1. The van der Waals surface area contributed by atoms with Gasteiger partial charge in [-0.25, -0.2) is 23.4 Å². The number of thiazole rings is 1. The molecule has 0 bridgehead atoms. The van der Waals surface area contributed by atoms with E-state index in [0.29, 0.717) is 54.1 Å². The maximum Gasteiger partial charge on any atom is 0.280 e. The van der Waals surface area contributed by atoms with Crippen molar-refractivity contribution < 1.29 is 27.5 Å². The number of carbonyl (C=O) groups is 1. The quantitative estimate of drug-likeness (QED) is 0.224. The summed E-state index contributed by atoms with van der Waals surface area (Å²) < 4.78 is 35.4. The fourth-order valence-corrected chi connectivity index (χ4v) is 5.34. The van der Waals surface area contributed by atoms with E-state index in [1.54, 1.807) is 24.7 Å². The van der Waals surface area contributed by atoms with E-state index < -0.39 is 15.7 Å². The van der Waals surface area contributed by atoms with Gasteiger partial charge in [0.2, 0.25) is 0 Å². The molecule has 0 spiro atoms. The molecule has 4 rings (SSSR count). The molecule has 1 aliphatic heterocycles. The molecule has 3 aromatic rings. The fourth-order valence-electron chi connectivity index (χ4n) is 3.30. The van der Waals surface area contributed by atoms with Gasteiger partial charge < -0.3 is 14.3 Å². The molecule has 3 heterocycles. The lowest BCUT2D eigenvalue weighted by molar-refractivity contribution is -0.110. The zero-order valence-electron chi connectivity index (χ0n) is 19.5. The first-order valence-electron chi connectivity index (χ1n) is 11.1. The highest BCUT2D eigenvalue weighted by Crippen LogP contribution is 2.26. The van der Waals surface area contributed by atoms with Crippen LogP contribution in [0.25, 0.3) is 10.7 Å². The van der Waals surface area contributed by atoms with Crippen LogP contribution < -0.4 is 5.32 Å². The van der Waals surface area contributed by atoms with Crippen LogP contribution in [0.5, 0.6) is 0 Å². The molecule has 1 fully saturated rings. The first-order chi connectivity index (χ1) is 17.5. The number of sulfone groups is 1. The number of hydrogen-bond donors (Lipinski definition) is 1. The van der Waals surface area contributed by atoms with Crippen molar-refractivity contribution in [2.24, 2.45) is 5.16 Å². The summed E-state index contributed by atoms with van der Waals surface area (Å²) in [5, 5.41) is 7.15. The molecular formula is C23H25N5O6S2.